The van der Waals surface area contributed by atoms with Crippen LogP contribution in [0.15, 0.2) is 84.9 Å². The van der Waals surface area contributed by atoms with Crippen LogP contribution in [0.5, 0.6) is 5.75 Å². The Labute approximate surface area is 210 Å². The van der Waals surface area contributed by atoms with Gasteiger partial charge < -0.3 is 10.4 Å². The summed E-state index contributed by atoms with van der Waals surface area (Å²) in [6.45, 7) is 8.20. The number of nitrogens with one attached hydrogen (secondary N) is 1. The van der Waals surface area contributed by atoms with E-state index in [4.69, 9.17) is 0 Å². The number of phenols is 1. The molecule has 0 bridgehead atoms. The van der Waals surface area contributed by atoms with Gasteiger partial charge in [0.2, 0.25) is 0 Å². The summed E-state index contributed by atoms with van der Waals surface area (Å²) in [5.74, 6) is 0.135. The molecular weight excluding hydrogens is 448 g/mol. The summed E-state index contributed by atoms with van der Waals surface area (Å²) in [5.41, 5.74) is 6.29. The van der Waals surface area contributed by atoms with Gasteiger partial charge in [-0.25, -0.2) is 0 Å². The van der Waals surface area contributed by atoms with Gasteiger partial charge in [0.25, 0.3) is 0 Å². The predicted octanol–water partition coefficient (Wildman–Crippen LogP) is 6.71. The standard InChI is InChI=1S/C30H28N4O2/c1-19-16-23(30(2,3)4)29(36)27(17-19)34-32-25-15-14-21(18-26(25)33-34)31-24-13-9-8-12-22(24)28(35)20-10-6-5-7-11-20/h5-18,31,36H,1-4H3. The number of rotatable bonds is 5. The van der Waals surface area contributed by atoms with E-state index in [9.17, 15) is 9.90 Å². The van der Waals surface area contributed by atoms with E-state index in [0.717, 1.165) is 16.8 Å². The van der Waals surface area contributed by atoms with Gasteiger partial charge in [-0.15, -0.1) is 15.0 Å². The van der Waals surface area contributed by atoms with Gasteiger partial charge in [-0.05, 0) is 54.3 Å². The molecule has 0 fully saturated rings. The Bertz CT molecular complexity index is 1580. The van der Waals surface area contributed by atoms with E-state index in [0.29, 0.717) is 33.5 Å². The number of hydrogen-bond donors (Lipinski definition) is 2. The van der Waals surface area contributed by atoms with Gasteiger partial charge >= 0.3 is 0 Å². The van der Waals surface area contributed by atoms with E-state index in [1.165, 1.54) is 4.80 Å². The van der Waals surface area contributed by atoms with E-state index < -0.39 is 0 Å². The van der Waals surface area contributed by atoms with Crippen molar-refractivity contribution in [1.29, 1.82) is 0 Å². The van der Waals surface area contributed by atoms with E-state index in [1.54, 1.807) is 0 Å². The van der Waals surface area contributed by atoms with Crippen LogP contribution in [0, 0.1) is 6.92 Å². The fourth-order valence-corrected chi connectivity index (χ4v) is 4.27. The SMILES string of the molecule is Cc1cc(-n2nc3ccc(Nc4ccccc4C(=O)c4ccccc4)cc3n2)c(O)c(C(C)(C)C)c1. The number of anilines is 2. The second-order valence-electron chi connectivity index (χ2n) is 9.99. The van der Waals surface area contributed by atoms with Crippen LogP contribution in [0.4, 0.5) is 11.4 Å². The van der Waals surface area contributed by atoms with Crippen molar-refractivity contribution in [3.63, 3.8) is 0 Å². The number of carbonyl (C=O) groups is 1. The molecule has 36 heavy (non-hydrogen) atoms. The Morgan fingerprint density at radius 1 is 0.861 bits per heavy atom. The molecule has 5 aromatic rings. The average molecular weight is 477 g/mol. The predicted molar refractivity (Wildman–Crippen MR) is 144 cm³/mol. The molecule has 4 aromatic carbocycles. The van der Waals surface area contributed by atoms with E-state index in [2.05, 4.69) is 36.3 Å². The maximum Gasteiger partial charge on any atom is 0.195 e. The highest BCUT2D eigenvalue weighted by atomic mass is 16.3. The molecule has 0 amide bonds. The van der Waals surface area contributed by atoms with Crippen LogP contribution in [0.25, 0.3) is 16.7 Å². The topological polar surface area (TPSA) is 80.0 Å². The quantitative estimate of drug-likeness (QED) is 0.276. The lowest BCUT2D eigenvalue weighted by atomic mass is 9.85. The minimum Gasteiger partial charge on any atom is -0.505 e. The van der Waals surface area contributed by atoms with Crippen molar-refractivity contribution < 1.29 is 9.90 Å². The molecule has 6 nitrogen and oxygen atoms in total. The summed E-state index contributed by atoms with van der Waals surface area (Å²) >= 11 is 0. The molecule has 0 radical (unpaired) electrons. The number of phenolic OH excluding ortho intramolecular Hbond substituents is 1. The molecule has 0 aliphatic rings. The Hall–Kier alpha value is -4.45. The lowest BCUT2D eigenvalue weighted by Gasteiger charge is -2.22. The zero-order valence-electron chi connectivity index (χ0n) is 20.8. The van der Waals surface area contributed by atoms with Crippen molar-refractivity contribution in [2.45, 2.75) is 33.1 Å². The molecule has 0 spiro atoms. The first-order valence-electron chi connectivity index (χ1n) is 11.9. The van der Waals surface area contributed by atoms with Gasteiger partial charge in [0.1, 0.15) is 22.5 Å². The highest BCUT2D eigenvalue weighted by molar-refractivity contribution is 6.12. The highest BCUT2D eigenvalue weighted by Gasteiger charge is 2.22. The number of nitrogens with zero attached hydrogens (tertiary/aromatic N) is 3. The third-order valence-corrected chi connectivity index (χ3v) is 6.12. The Morgan fingerprint density at radius 2 is 1.56 bits per heavy atom. The van der Waals surface area contributed by atoms with Crippen molar-refractivity contribution in [3.05, 3.63) is 107 Å². The first-order chi connectivity index (χ1) is 17.2. The molecule has 0 atom stereocenters. The summed E-state index contributed by atoms with van der Waals surface area (Å²) in [4.78, 5) is 14.6. The summed E-state index contributed by atoms with van der Waals surface area (Å²) in [5, 5.41) is 23.6. The minimum absolute atomic E-state index is 0.0460. The van der Waals surface area contributed by atoms with E-state index >= 15 is 0 Å². The van der Waals surface area contributed by atoms with Crippen molar-refractivity contribution in [2.24, 2.45) is 0 Å². The molecule has 2 N–H and O–H groups in total. The van der Waals surface area contributed by atoms with Crippen molar-refractivity contribution >= 4 is 28.2 Å². The maximum atomic E-state index is 13.1. The van der Waals surface area contributed by atoms with Gasteiger partial charge in [-0.3, -0.25) is 4.79 Å². The number of para-hydroxylation sites is 1. The van der Waals surface area contributed by atoms with Gasteiger partial charge in [-0.1, -0.05) is 69.3 Å². The molecule has 0 aliphatic heterocycles. The molecule has 0 aliphatic carbocycles. The minimum atomic E-state index is -0.223. The number of aryl methyl sites for hydroxylation is 1. The second kappa shape index (κ2) is 8.96. The maximum absolute atomic E-state index is 13.1. The molecular formula is C30H28N4O2. The third-order valence-electron chi connectivity index (χ3n) is 6.12. The monoisotopic (exact) mass is 476 g/mol. The highest BCUT2D eigenvalue weighted by Crippen LogP contribution is 2.36. The van der Waals surface area contributed by atoms with Crippen LogP contribution in [-0.2, 0) is 5.41 Å². The van der Waals surface area contributed by atoms with Crippen molar-refractivity contribution in [3.8, 4) is 11.4 Å². The van der Waals surface area contributed by atoms with Crippen molar-refractivity contribution in [2.75, 3.05) is 5.32 Å². The van der Waals surface area contributed by atoms with E-state index in [1.807, 2.05) is 91.9 Å². The molecule has 0 saturated heterocycles. The average Bonchev–Trinajstić information content (AvgIpc) is 3.28. The first-order valence-corrected chi connectivity index (χ1v) is 11.9. The lowest BCUT2D eigenvalue weighted by Crippen LogP contribution is -2.13. The number of hydrogen-bond acceptors (Lipinski definition) is 5. The summed E-state index contributed by atoms with van der Waals surface area (Å²) in [6.07, 6.45) is 0. The molecule has 0 saturated carbocycles. The molecule has 0 unspecified atom stereocenters. The number of benzene rings is 4. The normalized spacial score (nSPS) is 11.6. The fourth-order valence-electron chi connectivity index (χ4n) is 4.27. The third kappa shape index (κ3) is 4.45. The van der Waals surface area contributed by atoms with Crippen LogP contribution < -0.4 is 5.32 Å². The number of carbonyl (C=O) groups excluding carboxylic acids is 1. The van der Waals surface area contributed by atoms with Crippen LogP contribution in [0.3, 0.4) is 0 Å². The molecule has 5 rings (SSSR count). The molecule has 6 heteroatoms. The smallest absolute Gasteiger partial charge is 0.195 e. The van der Waals surface area contributed by atoms with Crippen LogP contribution in [-0.4, -0.2) is 25.9 Å². The Balaban J connectivity index is 1.50. The zero-order chi connectivity index (χ0) is 25.4. The Morgan fingerprint density at radius 3 is 2.31 bits per heavy atom. The Kier molecular flexibility index (Phi) is 5.80. The van der Waals surface area contributed by atoms with Crippen LogP contribution in [0.1, 0.15) is 47.8 Å². The number of fused-ring (bicyclic) bond motifs is 1. The molecule has 180 valence electrons. The largest absolute Gasteiger partial charge is 0.505 e. The summed E-state index contributed by atoms with van der Waals surface area (Å²) < 4.78 is 0. The van der Waals surface area contributed by atoms with E-state index in [-0.39, 0.29) is 16.9 Å². The van der Waals surface area contributed by atoms with Gasteiger partial charge in [0.15, 0.2) is 5.78 Å². The summed E-state index contributed by atoms with van der Waals surface area (Å²) in [7, 11) is 0. The number of ketones is 1. The lowest BCUT2D eigenvalue weighted by molar-refractivity contribution is 0.103. The number of aromatic nitrogens is 3. The fraction of sp³-hybridized carbons (Fsp3) is 0.167. The van der Waals surface area contributed by atoms with Crippen molar-refractivity contribution in [1.82, 2.24) is 15.0 Å². The molecule has 1 heterocycles. The summed E-state index contributed by atoms with van der Waals surface area (Å²) in [6, 6.07) is 26.2. The zero-order valence-corrected chi connectivity index (χ0v) is 20.8. The van der Waals surface area contributed by atoms with Crippen LogP contribution in [0.2, 0.25) is 0 Å². The second-order valence-corrected chi connectivity index (χ2v) is 9.99. The molecule has 1 aromatic heterocycles. The van der Waals surface area contributed by atoms with Gasteiger partial charge in [-0.2, -0.15) is 0 Å². The number of aromatic hydroxyl groups is 1. The van der Waals surface area contributed by atoms with Gasteiger partial charge in [0.05, 0.1) is 0 Å². The van der Waals surface area contributed by atoms with Crippen LogP contribution >= 0.6 is 0 Å². The first kappa shape index (κ1) is 23.3. The van der Waals surface area contributed by atoms with Gasteiger partial charge in [0, 0.05) is 28.1 Å².